The molecule has 0 aliphatic carbocycles. The van der Waals surface area contributed by atoms with Gasteiger partial charge in [-0.15, -0.1) is 0 Å². The molecule has 0 spiro atoms. The zero-order chi connectivity index (χ0) is 13.7. The molecule has 1 N–H and O–H groups in total. The lowest BCUT2D eigenvalue weighted by Gasteiger charge is -2.20. The van der Waals surface area contributed by atoms with Crippen LogP contribution in [0.1, 0.15) is 19.4 Å². The number of thioether (sulfide) groups is 1. The summed E-state index contributed by atoms with van der Waals surface area (Å²) in [6.07, 6.45) is 1.06. The Kier molecular flexibility index (Phi) is 4.88. The van der Waals surface area contributed by atoms with Gasteiger partial charge in [0.15, 0.2) is 5.17 Å². The number of nitrogens with one attached hydrogen (secondary N) is 1. The molecule has 1 saturated heterocycles. The van der Waals surface area contributed by atoms with Gasteiger partial charge in [0.25, 0.3) is 0 Å². The second-order valence-electron chi connectivity index (χ2n) is 5.43. The lowest BCUT2D eigenvalue weighted by molar-refractivity contribution is 0.0312. The van der Waals surface area contributed by atoms with Crippen molar-refractivity contribution in [3.63, 3.8) is 0 Å². The Morgan fingerprint density at radius 3 is 2.79 bits per heavy atom. The standard InChI is InChI=1S/C15H22N2OS/c1-15(2,18-3)11-16-14-17-13(10-19-14)9-12-7-5-4-6-8-12/h4-8,13H,9-11H2,1-3H3,(H,16,17). The van der Waals surface area contributed by atoms with Gasteiger partial charge in [0.05, 0.1) is 12.1 Å². The number of hydrogen-bond acceptors (Lipinski definition) is 3. The zero-order valence-electron chi connectivity index (χ0n) is 11.8. The maximum atomic E-state index is 5.38. The fourth-order valence-electron chi connectivity index (χ4n) is 1.86. The average Bonchev–Trinajstić information content (AvgIpc) is 2.86. The zero-order valence-corrected chi connectivity index (χ0v) is 12.7. The van der Waals surface area contributed by atoms with E-state index in [1.807, 2.05) is 0 Å². The van der Waals surface area contributed by atoms with E-state index in [1.165, 1.54) is 5.56 Å². The molecule has 1 fully saturated rings. The molecular formula is C15H22N2OS. The van der Waals surface area contributed by atoms with Crippen molar-refractivity contribution in [3.8, 4) is 0 Å². The van der Waals surface area contributed by atoms with Gasteiger partial charge in [-0.05, 0) is 25.8 Å². The highest BCUT2D eigenvalue weighted by molar-refractivity contribution is 8.14. The Hall–Kier alpha value is -1.00. The Balaban J connectivity index is 1.85. The normalized spacial score (nSPS) is 21.6. The van der Waals surface area contributed by atoms with Gasteiger partial charge in [-0.1, -0.05) is 42.1 Å². The van der Waals surface area contributed by atoms with Crippen molar-refractivity contribution in [2.75, 3.05) is 19.4 Å². The molecule has 1 atom stereocenters. The van der Waals surface area contributed by atoms with Crippen LogP contribution < -0.4 is 5.32 Å². The summed E-state index contributed by atoms with van der Waals surface area (Å²) < 4.78 is 5.38. The molecule has 4 heteroatoms. The minimum atomic E-state index is -0.188. The van der Waals surface area contributed by atoms with E-state index in [-0.39, 0.29) is 5.60 Å². The Labute approximate surface area is 119 Å². The van der Waals surface area contributed by atoms with Crippen molar-refractivity contribution in [1.29, 1.82) is 0 Å². The number of benzene rings is 1. The van der Waals surface area contributed by atoms with Gasteiger partial charge in [0.1, 0.15) is 0 Å². The number of aliphatic imine (C=N–C) groups is 1. The minimum absolute atomic E-state index is 0.188. The molecule has 1 aromatic rings. The Morgan fingerprint density at radius 2 is 2.11 bits per heavy atom. The van der Waals surface area contributed by atoms with Crippen LogP contribution in [0.2, 0.25) is 0 Å². The highest BCUT2D eigenvalue weighted by atomic mass is 32.2. The van der Waals surface area contributed by atoms with Crippen LogP contribution in [0.25, 0.3) is 0 Å². The summed E-state index contributed by atoms with van der Waals surface area (Å²) in [7, 11) is 1.73. The lowest BCUT2D eigenvalue weighted by atomic mass is 10.1. The molecule has 1 heterocycles. The van der Waals surface area contributed by atoms with Crippen LogP contribution in [0.5, 0.6) is 0 Å². The molecule has 1 unspecified atom stereocenters. The molecule has 1 aliphatic heterocycles. The van der Waals surface area contributed by atoms with E-state index in [0.717, 1.165) is 17.3 Å². The first-order valence-electron chi connectivity index (χ1n) is 6.62. The number of methoxy groups -OCH3 is 1. The average molecular weight is 278 g/mol. The first kappa shape index (κ1) is 14.4. The molecular weight excluding hydrogens is 256 g/mol. The number of nitrogens with zero attached hydrogens (tertiary/aromatic N) is 1. The van der Waals surface area contributed by atoms with Gasteiger partial charge in [0.2, 0.25) is 0 Å². The number of hydrogen-bond donors (Lipinski definition) is 1. The highest BCUT2D eigenvalue weighted by Crippen LogP contribution is 2.18. The van der Waals surface area contributed by atoms with Crippen molar-refractivity contribution in [3.05, 3.63) is 35.9 Å². The molecule has 0 aromatic heterocycles. The van der Waals surface area contributed by atoms with Crippen LogP contribution >= 0.6 is 11.8 Å². The quantitative estimate of drug-likeness (QED) is 0.899. The van der Waals surface area contributed by atoms with E-state index in [9.17, 15) is 0 Å². The Bertz CT molecular complexity index is 431. The second-order valence-corrected chi connectivity index (χ2v) is 6.44. The van der Waals surface area contributed by atoms with Gasteiger partial charge in [-0.25, -0.2) is 0 Å². The van der Waals surface area contributed by atoms with Crippen LogP contribution in [0.3, 0.4) is 0 Å². The van der Waals surface area contributed by atoms with Crippen molar-refractivity contribution >= 4 is 16.9 Å². The summed E-state index contributed by atoms with van der Waals surface area (Å²) in [5.74, 6) is 1.08. The largest absolute Gasteiger partial charge is 0.377 e. The Morgan fingerprint density at radius 1 is 1.37 bits per heavy atom. The van der Waals surface area contributed by atoms with Crippen molar-refractivity contribution < 1.29 is 4.74 Å². The van der Waals surface area contributed by atoms with Gasteiger partial charge in [-0.2, -0.15) is 0 Å². The maximum Gasteiger partial charge on any atom is 0.156 e. The van der Waals surface area contributed by atoms with Crippen molar-refractivity contribution in [2.24, 2.45) is 4.99 Å². The van der Waals surface area contributed by atoms with E-state index in [2.05, 4.69) is 54.5 Å². The summed E-state index contributed by atoms with van der Waals surface area (Å²) in [6, 6.07) is 11.1. The summed E-state index contributed by atoms with van der Waals surface area (Å²) in [6.45, 7) is 4.80. The third-order valence-corrected chi connectivity index (χ3v) is 4.32. The number of amidine groups is 1. The molecule has 0 bridgehead atoms. The van der Waals surface area contributed by atoms with Crippen LogP contribution in [-0.4, -0.2) is 36.2 Å². The topological polar surface area (TPSA) is 33.6 Å². The second kappa shape index (κ2) is 6.44. The summed E-state index contributed by atoms with van der Waals surface area (Å²) in [4.78, 5) is 4.60. The molecule has 19 heavy (non-hydrogen) atoms. The minimum Gasteiger partial charge on any atom is -0.377 e. The third-order valence-electron chi connectivity index (χ3n) is 3.23. The SMILES string of the molecule is COC(C)(C)CN=C1NC(Cc2ccccc2)CS1. The van der Waals surface area contributed by atoms with Gasteiger partial charge >= 0.3 is 0 Å². The van der Waals surface area contributed by atoms with Crippen LogP contribution in [0, 0.1) is 0 Å². The molecule has 2 rings (SSSR count). The molecule has 104 valence electrons. The molecule has 1 aromatic carbocycles. The summed E-state index contributed by atoms with van der Waals surface area (Å²) in [5.41, 5.74) is 1.19. The van der Waals surface area contributed by atoms with E-state index >= 15 is 0 Å². The van der Waals surface area contributed by atoms with E-state index in [1.54, 1.807) is 18.9 Å². The number of rotatable bonds is 5. The fourth-order valence-corrected chi connectivity index (χ4v) is 2.83. The van der Waals surface area contributed by atoms with Crippen LogP contribution in [-0.2, 0) is 11.2 Å². The highest BCUT2D eigenvalue weighted by Gasteiger charge is 2.22. The fraction of sp³-hybridized carbons (Fsp3) is 0.533. The monoisotopic (exact) mass is 278 g/mol. The predicted molar refractivity (Wildman–Crippen MR) is 82.9 cm³/mol. The summed E-state index contributed by atoms with van der Waals surface area (Å²) >= 11 is 1.80. The smallest absolute Gasteiger partial charge is 0.156 e. The van der Waals surface area contributed by atoms with E-state index in [4.69, 9.17) is 4.74 Å². The van der Waals surface area contributed by atoms with Crippen molar-refractivity contribution in [1.82, 2.24) is 5.32 Å². The molecule has 0 amide bonds. The van der Waals surface area contributed by atoms with E-state index in [0.29, 0.717) is 12.6 Å². The summed E-state index contributed by atoms with van der Waals surface area (Å²) in [5, 5.41) is 4.54. The van der Waals surface area contributed by atoms with Gasteiger partial charge < -0.3 is 10.1 Å². The molecule has 0 saturated carbocycles. The predicted octanol–water partition coefficient (Wildman–Crippen LogP) is 2.72. The van der Waals surface area contributed by atoms with Crippen LogP contribution in [0.4, 0.5) is 0 Å². The molecule has 3 nitrogen and oxygen atoms in total. The number of ether oxygens (including phenoxy) is 1. The molecule has 1 aliphatic rings. The van der Waals surface area contributed by atoms with E-state index < -0.39 is 0 Å². The maximum absolute atomic E-state index is 5.38. The molecule has 0 radical (unpaired) electrons. The lowest BCUT2D eigenvalue weighted by Crippen LogP contribution is -2.31. The van der Waals surface area contributed by atoms with Gasteiger partial charge in [-0.3, -0.25) is 4.99 Å². The first-order valence-corrected chi connectivity index (χ1v) is 7.60. The van der Waals surface area contributed by atoms with Gasteiger partial charge in [0, 0.05) is 18.9 Å². The third kappa shape index (κ3) is 4.55. The first-order chi connectivity index (χ1) is 9.09. The van der Waals surface area contributed by atoms with Crippen LogP contribution in [0.15, 0.2) is 35.3 Å². The van der Waals surface area contributed by atoms with Crippen molar-refractivity contribution in [2.45, 2.75) is 31.9 Å².